The van der Waals surface area contributed by atoms with Gasteiger partial charge in [-0.1, -0.05) is 48.2 Å². The van der Waals surface area contributed by atoms with Crippen molar-refractivity contribution in [3.05, 3.63) is 66.7 Å². The summed E-state index contributed by atoms with van der Waals surface area (Å²) in [6.07, 6.45) is 0. The summed E-state index contributed by atoms with van der Waals surface area (Å²) in [5.74, 6) is 1.48. The van der Waals surface area contributed by atoms with Crippen molar-refractivity contribution in [2.45, 2.75) is 5.03 Å². The number of rotatable bonds is 6. The van der Waals surface area contributed by atoms with Crippen molar-refractivity contribution in [3.63, 3.8) is 0 Å². The van der Waals surface area contributed by atoms with E-state index in [0.717, 1.165) is 5.56 Å². The van der Waals surface area contributed by atoms with Gasteiger partial charge in [0.15, 0.2) is 11.5 Å². The van der Waals surface area contributed by atoms with Gasteiger partial charge in [0.2, 0.25) is 5.91 Å². The Morgan fingerprint density at radius 1 is 1.07 bits per heavy atom. The van der Waals surface area contributed by atoms with Crippen molar-refractivity contribution < 1.29 is 9.53 Å². The summed E-state index contributed by atoms with van der Waals surface area (Å²) in [4.78, 5) is 12.3. The van der Waals surface area contributed by atoms with Gasteiger partial charge in [0, 0.05) is 17.3 Å². The van der Waals surface area contributed by atoms with Crippen LogP contribution in [0.15, 0.2) is 71.8 Å². The molecule has 0 fully saturated rings. The largest absolute Gasteiger partial charge is 0.497 e. The predicted molar refractivity (Wildman–Crippen MR) is 109 cm³/mol. The van der Waals surface area contributed by atoms with Crippen LogP contribution in [0, 0.1) is 0 Å². The third-order valence-electron chi connectivity index (χ3n) is 3.97. The molecule has 1 amide bonds. The van der Waals surface area contributed by atoms with E-state index in [-0.39, 0.29) is 11.7 Å². The topological polar surface area (TPSA) is 81.4 Å². The molecule has 0 saturated carbocycles. The highest BCUT2D eigenvalue weighted by Crippen LogP contribution is 2.21. The number of carbonyl (C=O) groups is 1. The van der Waals surface area contributed by atoms with Crippen LogP contribution < -0.4 is 10.1 Å². The molecule has 2 aromatic carbocycles. The van der Waals surface area contributed by atoms with Crippen LogP contribution in [-0.2, 0) is 4.79 Å². The van der Waals surface area contributed by atoms with Crippen LogP contribution in [0.25, 0.3) is 17.0 Å². The number of hydrogen-bond donors (Lipinski definition) is 1. The Hall–Kier alpha value is -3.39. The van der Waals surface area contributed by atoms with Gasteiger partial charge in [-0.2, -0.15) is 9.61 Å². The summed E-state index contributed by atoms with van der Waals surface area (Å²) >= 11 is 1.35. The van der Waals surface area contributed by atoms with Gasteiger partial charge in [0.1, 0.15) is 10.8 Å². The fraction of sp³-hybridized carbons (Fsp3) is 0.100. The monoisotopic (exact) mass is 391 g/mol. The molecule has 28 heavy (non-hydrogen) atoms. The second-order valence-electron chi connectivity index (χ2n) is 5.90. The first-order chi connectivity index (χ1) is 13.7. The van der Waals surface area contributed by atoms with Crippen molar-refractivity contribution in [2.24, 2.45) is 0 Å². The summed E-state index contributed by atoms with van der Waals surface area (Å²) in [7, 11) is 1.59. The van der Waals surface area contributed by atoms with E-state index in [9.17, 15) is 4.79 Å². The molecule has 0 radical (unpaired) electrons. The average Bonchev–Trinajstić information content (AvgIpc) is 3.16. The standard InChI is InChI=1S/C20H17N5O2S/c1-27-16-9-5-8-15(12-16)21-18(26)13-28-19-11-10-17-22-23-20(25(17)24-19)14-6-3-2-4-7-14/h2-12H,13H2,1H3,(H,21,26). The molecule has 4 aromatic rings. The van der Waals surface area contributed by atoms with Crippen LogP contribution in [-0.4, -0.2) is 38.6 Å². The van der Waals surface area contributed by atoms with Gasteiger partial charge in [-0.15, -0.1) is 10.2 Å². The van der Waals surface area contributed by atoms with E-state index in [0.29, 0.717) is 27.9 Å². The first-order valence-electron chi connectivity index (χ1n) is 8.57. The van der Waals surface area contributed by atoms with E-state index in [1.54, 1.807) is 17.7 Å². The second kappa shape index (κ2) is 8.10. The van der Waals surface area contributed by atoms with Gasteiger partial charge in [-0.3, -0.25) is 4.79 Å². The number of hydrogen-bond acceptors (Lipinski definition) is 6. The summed E-state index contributed by atoms with van der Waals surface area (Å²) < 4.78 is 6.86. The first kappa shape index (κ1) is 18.0. The fourth-order valence-corrected chi connectivity index (χ4v) is 3.31. The third-order valence-corrected chi connectivity index (χ3v) is 4.90. The Kier molecular flexibility index (Phi) is 5.20. The number of nitrogens with one attached hydrogen (secondary N) is 1. The fourth-order valence-electron chi connectivity index (χ4n) is 2.65. The van der Waals surface area contributed by atoms with Gasteiger partial charge >= 0.3 is 0 Å². The lowest BCUT2D eigenvalue weighted by molar-refractivity contribution is -0.113. The highest BCUT2D eigenvalue weighted by molar-refractivity contribution is 7.99. The van der Waals surface area contributed by atoms with Crippen molar-refractivity contribution in [2.75, 3.05) is 18.2 Å². The van der Waals surface area contributed by atoms with Crippen molar-refractivity contribution in [1.29, 1.82) is 0 Å². The van der Waals surface area contributed by atoms with Crippen LogP contribution in [0.2, 0.25) is 0 Å². The first-order valence-corrected chi connectivity index (χ1v) is 9.56. The number of methoxy groups -OCH3 is 1. The number of anilines is 1. The highest BCUT2D eigenvalue weighted by Gasteiger charge is 2.11. The minimum absolute atomic E-state index is 0.118. The van der Waals surface area contributed by atoms with E-state index in [1.807, 2.05) is 60.7 Å². The number of nitrogens with zero attached hydrogens (tertiary/aromatic N) is 4. The number of amides is 1. The van der Waals surface area contributed by atoms with E-state index < -0.39 is 0 Å². The van der Waals surface area contributed by atoms with E-state index in [1.165, 1.54) is 11.8 Å². The molecule has 2 heterocycles. The quantitative estimate of drug-likeness (QED) is 0.507. The molecule has 0 saturated heterocycles. The molecule has 1 N–H and O–H groups in total. The zero-order chi connectivity index (χ0) is 19.3. The van der Waals surface area contributed by atoms with Crippen LogP contribution in [0.1, 0.15) is 0 Å². The Labute approximate surface area is 165 Å². The lowest BCUT2D eigenvalue weighted by atomic mass is 10.2. The molecule has 4 rings (SSSR count). The minimum Gasteiger partial charge on any atom is -0.497 e. The van der Waals surface area contributed by atoms with Crippen LogP contribution in [0.3, 0.4) is 0 Å². The number of ether oxygens (including phenoxy) is 1. The maximum Gasteiger partial charge on any atom is 0.234 e. The van der Waals surface area contributed by atoms with Gasteiger partial charge in [-0.05, 0) is 24.3 Å². The van der Waals surface area contributed by atoms with E-state index in [2.05, 4.69) is 20.6 Å². The molecule has 0 spiro atoms. The van der Waals surface area contributed by atoms with Crippen LogP contribution >= 0.6 is 11.8 Å². The molecule has 8 heteroatoms. The average molecular weight is 391 g/mol. The Morgan fingerprint density at radius 3 is 2.75 bits per heavy atom. The number of fused-ring (bicyclic) bond motifs is 1. The summed E-state index contributed by atoms with van der Waals surface area (Å²) in [6.45, 7) is 0. The molecular weight excluding hydrogens is 374 g/mol. The number of carbonyl (C=O) groups excluding carboxylic acids is 1. The Bertz CT molecular complexity index is 1110. The van der Waals surface area contributed by atoms with Crippen molar-refractivity contribution >= 4 is 29.0 Å². The van der Waals surface area contributed by atoms with Crippen LogP contribution in [0.5, 0.6) is 5.75 Å². The molecule has 0 aliphatic heterocycles. The molecule has 0 atom stereocenters. The van der Waals surface area contributed by atoms with Gasteiger partial charge in [-0.25, -0.2) is 0 Å². The molecule has 140 valence electrons. The summed E-state index contributed by atoms with van der Waals surface area (Å²) in [6, 6.07) is 20.7. The number of aromatic nitrogens is 4. The lowest BCUT2D eigenvalue weighted by Gasteiger charge is -2.07. The zero-order valence-corrected chi connectivity index (χ0v) is 15.9. The molecule has 0 aliphatic rings. The molecular formula is C20H17N5O2S. The normalized spacial score (nSPS) is 10.8. The van der Waals surface area contributed by atoms with E-state index >= 15 is 0 Å². The Balaban J connectivity index is 1.46. The maximum absolute atomic E-state index is 12.3. The van der Waals surface area contributed by atoms with Gasteiger partial charge < -0.3 is 10.1 Å². The molecule has 0 aliphatic carbocycles. The minimum atomic E-state index is -0.118. The van der Waals surface area contributed by atoms with Crippen molar-refractivity contribution in [1.82, 2.24) is 19.8 Å². The molecule has 0 unspecified atom stereocenters. The zero-order valence-electron chi connectivity index (χ0n) is 15.1. The third kappa shape index (κ3) is 3.96. The second-order valence-corrected chi connectivity index (χ2v) is 6.90. The highest BCUT2D eigenvalue weighted by atomic mass is 32.2. The van der Waals surface area contributed by atoms with Crippen LogP contribution in [0.4, 0.5) is 5.69 Å². The molecule has 7 nitrogen and oxygen atoms in total. The number of thioether (sulfide) groups is 1. The lowest BCUT2D eigenvalue weighted by Crippen LogP contribution is -2.14. The summed E-state index contributed by atoms with van der Waals surface area (Å²) in [5, 5.41) is 16.5. The van der Waals surface area contributed by atoms with Gasteiger partial charge in [0.05, 0.1) is 12.9 Å². The smallest absolute Gasteiger partial charge is 0.234 e. The number of benzene rings is 2. The predicted octanol–water partition coefficient (Wildman–Crippen LogP) is 3.53. The van der Waals surface area contributed by atoms with Crippen molar-refractivity contribution in [3.8, 4) is 17.1 Å². The van der Waals surface area contributed by atoms with E-state index in [4.69, 9.17) is 4.74 Å². The SMILES string of the molecule is COc1cccc(NC(=O)CSc2ccc3nnc(-c4ccccc4)n3n2)c1. The van der Waals surface area contributed by atoms with Gasteiger partial charge in [0.25, 0.3) is 0 Å². The molecule has 2 aromatic heterocycles. The Morgan fingerprint density at radius 2 is 1.93 bits per heavy atom. The summed E-state index contributed by atoms with van der Waals surface area (Å²) in [5.41, 5.74) is 2.28. The molecule has 0 bridgehead atoms. The maximum atomic E-state index is 12.3.